The maximum absolute atomic E-state index is 13.2. The Hall–Kier alpha value is -1.92. The van der Waals surface area contributed by atoms with Crippen LogP contribution >= 0.6 is 11.6 Å². The second-order valence-corrected chi connectivity index (χ2v) is 8.54. The Balaban J connectivity index is 1.63. The minimum atomic E-state index is -0.182. The van der Waals surface area contributed by atoms with E-state index in [2.05, 4.69) is 10.1 Å². The van der Waals surface area contributed by atoms with Crippen LogP contribution in [-0.2, 0) is 4.74 Å². The van der Waals surface area contributed by atoms with Crippen LogP contribution in [0.4, 0.5) is 0 Å². The highest BCUT2D eigenvalue weighted by Gasteiger charge is 2.40. The normalized spacial score (nSPS) is 19.4. The van der Waals surface area contributed by atoms with Crippen molar-refractivity contribution in [3.05, 3.63) is 40.9 Å². The van der Waals surface area contributed by atoms with E-state index in [4.69, 9.17) is 16.3 Å². The number of para-hydroxylation sites is 1. The summed E-state index contributed by atoms with van der Waals surface area (Å²) >= 11 is 6.37. The Kier molecular flexibility index (Phi) is 5.43. The molecule has 2 fully saturated rings. The molecule has 1 amide bonds. The average molecular weight is 403 g/mol. The molecule has 1 spiro atoms. The second kappa shape index (κ2) is 7.84. The molecule has 0 bridgehead atoms. The van der Waals surface area contributed by atoms with Crippen LogP contribution in [-0.4, -0.2) is 50.9 Å². The summed E-state index contributed by atoms with van der Waals surface area (Å²) in [6.07, 6.45) is 5.63. The lowest BCUT2D eigenvalue weighted by Gasteiger charge is -2.44. The third-order valence-electron chi connectivity index (χ3n) is 5.72. The van der Waals surface area contributed by atoms with Crippen molar-refractivity contribution in [2.75, 3.05) is 19.7 Å². The zero-order chi connectivity index (χ0) is 19.7. The average Bonchev–Trinajstić information content (AvgIpc) is 3.14. The van der Waals surface area contributed by atoms with Crippen LogP contribution in [0, 0.1) is 0 Å². The molecule has 7 heteroatoms. The first kappa shape index (κ1) is 19.4. The molecular formula is C21H27ClN4O2. The van der Waals surface area contributed by atoms with Gasteiger partial charge in [-0.1, -0.05) is 56.8 Å². The van der Waals surface area contributed by atoms with Gasteiger partial charge in [0.25, 0.3) is 5.91 Å². The third kappa shape index (κ3) is 3.67. The Labute approximate surface area is 170 Å². The standard InChI is InChI=1S/C21H27ClN4O2/c1-15(2)19-23-18(24-26(19)17-9-5-4-8-16(17)22)20(27)25-12-13-28-21(14-25)10-6-3-7-11-21/h4-5,8-9,15H,3,6-7,10-14H2,1-2H3. The van der Waals surface area contributed by atoms with Gasteiger partial charge in [0.1, 0.15) is 5.82 Å². The SMILES string of the molecule is CC(C)c1nc(C(=O)N2CCOC3(CCCCC3)C2)nn1-c1ccccc1Cl. The fourth-order valence-corrected chi connectivity index (χ4v) is 4.46. The Morgan fingerprint density at radius 2 is 1.96 bits per heavy atom. The fraction of sp³-hybridized carbons (Fsp3) is 0.571. The number of aromatic nitrogens is 3. The van der Waals surface area contributed by atoms with E-state index in [9.17, 15) is 4.79 Å². The number of ether oxygens (including phenoxy) is 1. The minimum absolute atomic E-state index is 0.111. The number of morpholine rings is 1. The summed E-state index contributed by atoms with van der Waals surface area (Å²) < 4.78 is 7.82. The van der Waals surface area contributed by atoms with Gasteiger partial charge in [0.15, 0.2) is 0 Å². The van der Waals surface area contributed by atoms with Gasteiger partial charge in [-0.3, -0.25) is 4.79 Å². The molecule has 28 heavy (non-hydrogen) atoms. The highest BCUT2D eigenvalue weighted by Crippen LogP contribution is 2.34. The van der Waals surface area contributed by atoms with E-state index in [-0.39, 0.29) is 23.3 Å². The van der Waals surface area contributed by atoms with Crippen molar-refractivity contribution in [3.63, 3.8) is 0 Å². The van der Waals surface area contributed by atoms with E-state index in [1.54, 1.807) is 4.68 Å². The first-order valence-corrected chi connectivity index (χ1v) is 10.5. The minimum Gasteiger partial charge on any atom is -0.371 e. The fourth-order valence-electron chi connectivity index (χ4n) is 4.25. The van der Waals surface area contributed by atoms with Crippen molar-refractivity contribution in [1.29, 1.82) is 0 Å². The largest absolute Gasteiger partial charge is 0.371 e. The lowest BCUT2D eigenvalue weighted by molar-refractivity contribution is -0.118. The maximum atomic E-state index is 13.2. The molecule has 0 atom stereocenters. The molecule has 6 nitrogen and oxygen atoms in total. The van der Waals surface area contributed by atoms with Gasteiger partial charge in [-0.25, -0.2) is 9.67 Å². The molecule has 4 rings (SSSR count). The molecule has 150 valence electrons. The summed E-state index contributed by atoms with van der Waals surface area (Å²) in [4.78, 5) is 19.7. The van der Waals surface area contributed by atoms with E-state index in [1.165, 1.54) is 19.3 Å². The zero-order valence-electron chi connectivity index (χ0n) is 16.5. The maximum Gasteiger partial charge on any atom is 0.293 e. The number of benzene rings is 1. The lowest BCUT2D eigenvalue weighted by Crippen LogP contribution is -2.54. The van der Waals surface area contributed by atoms with Crippen LogP contribution in [0.2, 0.25) is 5.02 Å². The molecule has 2 aliphatic rings. The van der Waals surface area contributed by atoms with Crippen LogP contribution in [0.25, 0.3) is 5.69 Å². The molecule has 1 aromatic heterocycles. The van der Waals surface area contributed by atoms with Crippen molar-refractivity contribution in [3.8, 4) is 5.69 Å². The number of hydrogen-bond donors (Lipinski definition) is 0. The monoisotopic (exact) mass is 402 g/mol. The molecule has 2 aromatic rings. The van der Waals surface area contributed by atoms with Gasteiger partial charge in [0.2, 0.25) is 5.82 Å². The van der Waals surface area contributed by atoms with E-state index >= 15 is 0 Å². The second-order valence-electron chi connectivity index (χ2n) is 8.13. The highest BCUT2D eigenvalue weighted by atomic mass is 35.5. The zero-order valence-corrected chi connectivity index (χ0v) is 17.3. The number of hydrogen-bond acceptors (Lipinski definition) is 4. The first-order valence-electron chi connectivity index (χ1n) is 10.1. The third-order valence-corrected chi connectivity index (χ3v) is 6.04. The number of carbonyl (C=O) groups is 1. The predicted octanol–water partition coefficient (Wildman–Crippen LogP) is 4.22. The highest BCUT2D eigenvalue weighted by molar-refractivity contribution is 6.32. The molecule has 0 N–H and O–H groups in total. The van der Waals surface area contributed by atoms with Crippen LogP contribution in [0.5, 0.6) is 0 Å². The number of rotatable bonds is 3. The van der Waals surface area contributed by atoms with Gasteiger partial charge in [0.05, 0.1) is 29.5 Å². The van der Waals surface area contributed by atoms with E-state index in [0.29, 0.717) is 24.7 Å². The topological polar surface area (TPSA) is 60.3 Å². The first-order chi connectivity index (χ1) is 13.5. The Bertz CT molecular complexity index is 852. The molecule has 1 aliphatic heterocycles. The summed E-state index contributed by atoms with van der Waals surface area (Å²) in [5.74, 6) is 0.953. The van der Waals surface area contributed by atoms with Gasteiger partial charge in [-0.2, -0.15) is 0 Å². The molecule has 1 aromatic carbocycles. The van der Waals surface area contributed by atoms with E-state index in [0.717, 1.165) is 24.4 Å². The number of nitrogens with zero attached hydrogens (tertiary/aromatic N) is 4. The van der Waals surface area contributed by atoms with E-state index < -0.39 is 0 Å². The molecule has 1 saturated heterocycles. The molecule has 2 heterocycles. The summed E-state index contributed by atoms with van der Waals surface area (Å²) in [6, 6.07) is 7.49. The molecule has 1 aliphatic carbocycles. The Morgan fingerprint density at radius 1 is 1.21 bits per heavy atom. The quantitative estimate of drug-likeness (QED) is 0.771. The summed E-state index contributed by atoms with van der Waals surface area (Å²) in [5, 5.41) is 5.14. The van der Waals surface area contributed by atoms with E-state index in [1.807, 2.05) is 43.0 Å². The number of halogens is 1. The van der Waals surface area contributed by atoms with Gasteiger partial charge in [-0.05, 0) is 25.0 Å². The number of carbonyl (C=O) groups excluding carboxylic acids is 1. The molecule has 1 saturated carbocycles. The van der Waals surface area contributed by atoms with Gasteiger partial charge < -0.3 is 9.64 Å². The van der Waals surface area contributed by atoms with Crippen LogP contribution in [0.15, 0.2) is 24.3 Å². The molecular weight excluding hydrogens is 376 g/mol. The predicted molar refractivity (Wildman–Crippen MR) is 108 cm³/mol. The van der Waals surface area contributed by atoms with Crippen molar-refractivity contribution < 1.29 is 9.53 Å². The van der Waals surface area contributed by atoms with Crippen molar-refractivity contribution in [2.45, 2.75) is 57.5 Å². The van der Waals surface area contributed by atoms with Crippen LogP contribution < -0.4 is 0 Å². The molecule has 0 unspecified atom stereocenters. The summed E-state index contributed by atoms with van der Waals surface area (Å²) in [6.45, 7) is 5.87. The van der Waals surface area contributed by atoms with Crippen molar-refractivity contribution in [2.24, 2.45) is 0 Å². The summed E-state index contributed by atoms with van der Waals surface area (Å²) in [5.41, 5.74) is 0.559. The lowest BCUT2D eigenvalue weighted by atomic mass is 9.83. The van der Waals surface area contributed by atoms with Crippen LogP contribution in [0.3, 0.4) is 0 Å². The van der Waals surface area contributed by atoms with Crippen LogP contribution in [0.1, 0.15) is 68.3 Å². The number of amides is 1. The smallest absolute Gasteiger partial charge is 0.293 e. The van der Waals surface area contributed by atoms with Crippen molar-refractivity contribution in [1.82, 2.24) is 19.7 Å². The van der Waals surface area contributed by atoms with Crippen molar-refractivity contribution >= 4 is 17.5 Å². The molecule has 0 radical (unpaired) electrons. The van der Waals surface area contributed by atoms with Gasteiger partial charge >= 0.3 is 0 Å². The Morgan fingerprint density at radius 3 is 2.68 bits per heavy atom. The van der Waals surface area contributed by atoms with Gasteiger partial charge in [-0.15, -0.1) is 5.10 Å². The van der Waals surface area contributed by atoms with Gasteiger partial charge in [0, 0.05) is 12.5 Å². The summed E-state index contributed by atoms with van der Waals surface area (Å²) in [7, 11) is 0.